The van der Waals surface area contributed by atoms with Crippen LogP contribution in [0.25, 0.3) is 0 Å². The quantitative estimate of drug-likeness (QED) is 0.396. The number of piperazine rings is 1. The Hall–Kier alpha value is -2.87. The van der Waals surface area contributed by atoms with Gasteiger partial charge in [0, 0.05) is 31.1 Å². The van der Waals surface area contributed by atoms with Gasteiger partial charge in [-0.1, -0.05) is 66.7 Å². The third kappa shape index (κ3) is 4.69. The summed E-state index contributed by atoms with van der Waals surface area (Å²) in [5.41, 5.74) is 2.50. The second-order valence-electron chi connectivity index (χ2n) is 9.83. The Morgan fingerprint density at radius 3 is 1.79 bits per heavy atom. The Morgan fingerprint density at radius 1 is 0.735 bits per heavy atom. The third-order valence-corrected chi connectivity index (χ3v) is 7.42. The summed E-state index contributed by atoms with van der Waals surface area (Å²) in [4.78, 5) is 6.44. The molecule has 176 valence electrons. The van der Waals surface area contributed by atoms with Crippen LogP contribution < -0.4 is 0 Å². The molecule has 0 N–H and O–H groups in total. The van der Waals surface area contributed by atoms with Crippen molar-refractivity contribution in [1.29, 1.82) is 0 Å². The molecular formula is C27H32N6S. The van der Waals surface area contributed by atoms with Crippen molar-refractivity contribution in [1.82, 2.24) is 30.0 Å². The predicted octanol–water partition coefficient (Wildman–Crippen LogP) is 4.99. The zero-order chi connectivity index (χ0) is 23.5. The van der Waals surface area contributed by atoms with E-state index in [1.807, 2.05) is 4.68 Å². The van der Waals surface area contributed by atoms with E-state index >= 15 is 0 Å². The molecule has 1 saturated heterocycles. The van der Waals surface area contributed by atoms with Crippen molar-refractivity contribution in [2.75, 3.05) is 26.2 Å². The van der Waals surface area contributed by atoms with Gasteiger partial charge in [-0.3, -0.25) is 9.80 Å². The zero-order valence-electron chi connectivity index (χ0n) is 20.1. The second-order valence-corrected chi connectivity index (χ2v) is 10.8. The molecule has 1 aliphatic heterocycles. The number of thiophene rings is 1. The number of benzene rings is 2. The van der Waals surface area contributed by atoms with Gasteiger partial charge in [0.25, 0.3) is 0 Å². The number of hydrogen-bond donors (Lipinski definition) is 0. The molecule has 7 heteroatoms. The van der Waals surface area contributed by atoms with Gasteiger partial charge in [0.05, 0.1) is 11.6 Å². The van der Waals surface area contributed by atoms with Gasteiger partial charge in [-0.05, 0) is 53.8 Å². The van der Waals surface area contributed by atoms with Gasteiger partial charge in [-0.25, -0.2) is 4.68 Å². The van der Waals surface area contributed by atoms with E-state index in [4.69, 9.17) is 0 Å². The molecule has 3 heterocycles. The van der Waals surface area contributed by atoms with Crippen molar-refractivity contribution in [3.63, 3.8) is 0 Å². The van der Waals surface area contributed by atoms with Crippen molar-refractivity contribution < 1.29 is 0 Å². The van der Waals surface area contributed by atoms with Crippen LogP contribution in [-0.4, -0.2) is 56.2 Å². The predicted molar refractivity (Wildman–Crippen MR) is 137 cm³/mol. The van der Waals surface area contributed by atoms with Crippen LogP contribution in [0.4, 0.5) is 0 Å². The molecule has 6 nitrogen and oxygen atoms in total. The Labute approximate surface area is 205 Å². The smallest absolute Gasteiger partial charge is 0.174 e. The first kappa shape index (κ1) is 22.9. The minimum atomic E-state index is -0.179. The van der Waals surface area contributed by atoms with Crippen molar-refractivity contribution in [3.8, 4) is 0 Å². The number of rotatable bonds is 6. The van der Waals surface area contributed by atoms with E-state index < -0.39 is 0 Å². The van der Waals surface area contributed by atoms with Gasteiger partial charge in [0.1, 0.15) is 6.04 Å². The summed E-state index contributed by atoms with van der Waals surface area (Å²) in [6, 6.07) is 26.4. The van der Waals surface area contributed by atoms with Crippen LogP contribution in [0.1, 0.15) is 54.7 Å². The SMILES string of the molecule is CC(C)(C)n1nnnc1C(c1cccs1)N1CCN(C(c2ccccc2)c2ccccc2)CC1. The molecule has 0 saturated carbocycles. The lowest BCUT2D eigenvalue weighted by Crippen LogP contribution is -2.49. The van der Waals surface area contributed by atoms with Crippen LogP contribution in [0.15, 0.2) is 78.2 Å². The van der Waals surface area contributed by atoms with E-state index in [0.717, 1.165) is 32.0 Å². The minimum absolute atomic E-state index is 0.0586. The van der Waals surface area contributed by atoms with Crippen LogP contribution in [0, 0.1) is 0 Å². The monoisotopic (exact) mass is 472 g/mol. The molecule has 5 rings (SSSR count). The first-order chi connectivity index (χ1) is 16.5. The van der Waals surface area contributed by atoms with Crippen LogP contribution >= 0.6 is 11.3 Å². The minimum Gasteiger partial charge on any atom is -0.290 e. The molecule has 0 amide bonds. The highest BCUT2D eigenvalue weighted by molar-refractivity contribution is 7.10. The van der Waals surface area contributed by atoms with E-state index in [1.165, 1.54) is 16.0 Å². The van der Waals surface area contributed by atoms with Crippen LogP contribution in [0.5, 0.6) is 0 Å². The van der Waals surface area contributed by atoms with Gasteiger partial charge in [-0.2, -0.15) is 0 Å². The van der Waals surface area contributed by atoms with Gasteiger partial charge in [-0.15, -0.1) is 16.4 Å². The lowest BCUT2D eigenvalue weighted by atomic mass is 9.96. The van der Waals surface area contributed by atoms with Gasteiger partial charge >= 0.3 is 0 Å². The fraction of sp³-hybridized carbons (Fsp3) is 0.370. The second kappa shape index (κ2) is 9.78. The molecule has 2 aromatic carbocycles. The van der Waals surface area contributed by atoms with Crippen LogP contribution in [0.2, 0.25) is 0 Å². The molecule has 0 spiro atoms. The van der Waals surface area contributed by atoms with E-state index in [2.05, 4.69) is 124 Å². The van der Waals surface area contributed by atoms with Crippen molar-refractivity contribution in [3.05, 3.63) is 100 Å². The van der Waals surface area contributed by atoms with Crippen molar-refractivity contribution in [2.45, 2.75) is 38.4 Å². The lowest BCUT2D eigenvalue weighted by Gasteiger charge is -2.42. The maximum atomic E-state index is 4.52. The lowest BCUT2D eigenvalue weighted by molar-refractivity contribution is 0.0853. The molecule has 1 aliphatic rings. The molecule has 0 radical (unpaired) electrons. The normalized spacial score (nSPS) is 16.7. The molecule has 1 fully saturated rings. The molecule has 0 bridgehead atoms. The zero-order valence-corrected chi connectivity index (χ0v) is 20.9. The highest BCUT2D eigenvalue weighted by Crippen LogP contribution is 2.35. The third-order valence-electron chi connectivity index (χ3n) is 6.50. The highest BCUT2D eigenvalue weighted by atomic mass is 32.1. The summed E-state index contributed by atoms with van der Waals surface area (Å²) >= 11 is 1.78. The Balaban J connectivity index is 1.42. The summed E-state index contributed by atoms with van der Waals surface area (Å²) in [6.45, 7) is 10.3. The van der Waals surface area contributed by atoms with E-state index in [0.29, 0.717) is 0 Å². The molecule has 1 atom stereocenters. The first-order valence-electron chi connectivity index (χ1n) is 11.9. The van der Waals surface area contributed by atoms with Crippen LogP contribution in [0.3, 0.4) is 0 Å². The Bertz CT molecular complexity index is 1120. The summed E-state index contributed by atoms with van der Waals surface area (Å²) in [7, 11) is 0. The molecule has 1 unspecified atom stereocenters. The summed E-state index contributed by atoms with van der Waals surface area (Å²) in [6.07, 6.45) is 0. The molecular weight excluding hydrogens is 440 g/mol. The number of tetrazole rings is 1. The maximum Gasteiger partial charge on any atom is 0.174 e. The van der Waals surface area contributed by atoms with Gasteiger partial charge < -0.3 is 0 Å². The molecule has 4 aromatic rings. The average Bonchev–Trinajstić information content (AvgIpc) is 3.55. The number of aromatic nitrogens is 4. The average molecular weight is 473 g/mol. The van der Waals surface area contributed by atoms with Crippen LogP contribution in [-0.2, 0) is 5.54 Å². The highest BCUT2D eigenvalue weighted by Gasteiger charge is 2.35. The van der Waals surface area contributed by atoms with Gasteiger partial charge in [0.2, 0.25) is 0 Å². The van der Waals surface area contributed by atoms with Crippen molar-refractivity contribution in [2.24, 2.45) is 0 Å². The topological polar surface area (TPSA) is 50.1 Å². The Kier molecular flexibility index (Phi) is 6.59. The first-order valence-corrected chi connectivity index (χ1v) is 12.8. The fourth-order valence-corrected chi connectivity index (χ4v) is 5.75. The largest absolute Gasteiger partial charge is 0.290 e. The van der Waals surface area contributed by atoms with E-state index in [9.17, 15) is 0 Å². The number of hydrogen-bond acceptors (Lipinski definition) is 6. The Morgan fingerprint density at radius 2 is 1.29 bits per heavy atom. The van der Waals surface area contributed by atoms with Crippen molar-refractivity contribution >= 4 is 11.3 Å². The maximum absolute atomic E-state index is 4.52. The molecule has 2 aromatic heterocycles. The van der Waals surface area contributed by atoms with E-state index in [-0.39, 0.29) is 17.6 Å². The fourth-order valence-electron chi connectivity index (χ4n) is 4.90. The van der Waals surface area contributed by atoms with Gasteiger partial charge in [0.15, 0.2) is 5.82 Å². The molecule has 0 aliphatic carbocycles. The summed E-state index contributed by atoms with van der Waals surface area (Å²) in [5.74, 6) is 0.922. The standard InChI is InChI=1S/C27H32N6S/c1-27(2,3)33-26(28-29-30-33)25(23-15-10-20-34-23)32-18-16-31(17-19-32)24(21-11-6-4-7-12-21)22-13-8-5-9-14-22/h4-15,20,24-25H,16-19H2,1-3H3. The molecule has 34 heavy (non-hydrogen) atoms. The number of nitrogens with zero attached hydrogens (tertiary/aromatic N) is 6. The summed E-state index contributed by atoms with van der Waals surface area (Å²) < 4.78 is 1.99. The summed E-state index contributed by atoms with van der Waals surface area (Å²) in [5, 5.41) is 15.1. The van der Waals surface area contributed by atoms with E-state index in [1.54, 1.807) is 11.3 Å².